The van der Waals surface area contributed by atoms with E-state index in [0.29, 0.717) is 19.3 Å². The van der Waals surface area contributed by atoms with Crippen LogP contribution in [0.1, 0.15) is 113 Å². The van der Waals surface area contributed by atoms with E-state index in [1.807, 2.05) is 0 Å². The zero-order valence-corrected chi connectivity index (χ0v) is 38.7. The fourth-order valence-corrected chi connectivity index (χ4v) is 14.7. The lowest BCUT2D eigenvalue weighted by Gasteiger charge is -2.71. The van der Waals surface area contributed by atoms with E-state index in [1.54, 1.807) is 0 Å². The number of hydrogen-bond donors (Lipinski definition) is 10. The summed E-state index contributed by atoms with van der Waals surface area (Å²) in [5.74, 6) is -1.77. The number of hydrogen-bond acceptors (Lipinski definition) is 17. The van der Waals surface area contributed by atoms with Crippen molar-refractivity contribution in [2.75, 3.05) is 13.2 Å². The maximum Gasteiger partial charge on any atom is 0.335 e. The first-order chi connectivity index (χ1) is 30.3. The molecular weight excluding hydrogens is 852 g/mol. The first kappa shape index (κ1) is 49.5. The third kappa shape index (κ3) is 7.76. The second-order valence-corrected chi connectivity index (χ2v) is 23.1. The molecule has 3 aliphatic heterocycles. The molecule has 18 nitrogen and oxygen atoms in total. The van der Waals surface area contributed by atoms with Gasteiger partial charge in [0, 0.05) is 0 Å². The Kier molecular flexibility index (Phi) is 13.1. The predicted octanol–water partition coefficient (Wildman–Crippen LogP) is 0.872. The lowest BCUT2D eigenvalue weighted by molar-refractivity contribution is -0.354. The zero-order valence-electron chi connectivity index (χ0n) is 38.7. The first-order valence-corrected chi connectivity index (χ1v) is 23.7. The minimum absolute atomic E-state index is 0.0646. The number of carboxylic acids is 1. The van der Waals surface area contributed by atoms with Crippen LogP contribution in [-0.2, 0) is 38.0 Å². The number of aliphatic hydroxyl groups is 9. The van der Waals surface area contributed by atoms with Gasteiger partial charge in [0.05, 0.1) is 24.7 Å². The van der Waals surface area contributed by atoms with Crippen molar-refractivity contribution in [1.82, 2.24) is 0 Å². The summed E-state index contributed by atoms with van der Waals surface area (Å²) in [6.07, 6.45) is -13.6. The zero-order chi connectivity index (χ0) is 47.6. The molecule has 0 unspecified atom stereocenters. The SMILES string of the molecule is CC1(C)CC[C@]2(C(=O)O[C@@H]3O[C@H](CO)[C@@H](O)[C@H](O)[C@H]3O)CC[C@]3(C)C(=CC[C@@H]4[C@@]5(C)CC[C@@H](O[C@@H]6O[C@H](C(=O)O)[C@@H](O[C@@H]7OC[C@H](O)[C@H](O)[C@H]7O)[C@H](O)[C@H]6O)C(C)(C)[C@H]5CC[C@]43C)[C@@H]2C1. The predicted molar refractivity (Wildman–Crippen MR) is 225 cm³/mol. The summed E-state index contributed by atoms with van der Waals surface area (Å²) in [7, 11) is 0. The summed E-state index contributed by atoms with van der Waals surface area (Å²) >= 11 is 0. The number of carbonyl (C=O) groups is 2. The molecular formula is C47H74O18. The molecule has 10 N–H and O–H groups in total. The van der Waals surface area contributed by atoms with Crippen molar-refractivity contribution in [3.63, 3.8) is 0 Å². The van der Waals surface area contributed by atoms with Gasteiger partial charge in [-0.3, -0.25) is 4.79 Å². The number of aliphatic hydroxyl groups excluding tert-OH is 9. The lowest BCUT2D eigenvalue weighted by Crippen LogP contribution is -2.67. The monoisotopic (exact) mass is 926 g/mol. The molecule has 0 amide bonds. The van der Waals surface area contributed by atoms with Crippen LogP contribution in [0.2, 0.25) is 0 Å². The Balaban J connectivity index is 1.01. The Morgan fingerprint density at radius 1 is 0.708 bits per heavy atom. The third-order valence-corrected chi connectivity index (χ3v) is 18.9. The minimum Gasteiger partial charge on any atom is -0.479 e. The van der Waals surface area contributed by atoms with E-state index in [0.717, 1.165) is 44.9 Å². The molecule has 22 atom stereocenters. The Hall–Kier alpha value is -1.88. The second kappa shape index (κ2) is 17.2. The third-order valence-electron chi connectivity index (χ3n) is 18.9. The van der Waals surface area contributed by atoms with Crippen LogP contribution >= 0.6 is 0 Å². The van der Waals surface area contributed by atoms with E-state index in [1.165, 1.54) is 5.57 Å². The maximum absolute atomic E-state index is 14.6. The van der Waals surface area contributed by atoms with Crippen LogP contribution in [0.5, 0.6) is 0 Å². The molecule has 65 heavy (non-hydrogen) atoms. The maximum atomic E-state index is 14.6. The molecule has 370 valence electrons. The first-order valence-electron chi connectivity index (χ1n) is 23.7. The highest BCUT2D eigenvalue weighted by Crippen LogP contribution is 2.76. The summed E-state index contributed by atoms with van der Waals surface area (Å²) in [6, 6.07) is 0. The number of rotatable bonds is 8. The number of ether oxygens (including phenoxy) is 6. The average Bonchev–Trinajstić information content (AvgIpc) is 3.24. The van der Waals surface area contributed by atoms with Gasteiger partial charge >= 0.3 is 11.9 Å². The lowest BCUT2D eigenvalue weighted by atomic mass is 9.33. The number of carboxylic acid groups (broad SMARTS) is 1. The van der Waals surface area contributed by atoms with Gasteiger partial charge in [0.1, 0.15) is 61.0 Å². The van der Waals surface area contributed by atoms with Gasteiger partial charge in [0.25, 0.3) is 0 Å². The topological polar surface area (TPSA) is 292 Å². The van der Waals surface area contributed by atoms with Gasteiger partial charge in [0.2, 0.25) is 6.29 Å². The van der Waals surface area contributed by atoms with Crippen molar-refractivity contribution in [1.29, 1.82) is 0 Å². The van der Waals surface area contributed by atoms with Crippen LogP contribution in [0.3, 0.4) is 0 Å². The Bertz CT molecular complexity index is 1820. The highest BCUT2D eigenvalue weighted by Gasteiger charge is 2.70. The fourth-order valence-electron chi connectivity index (χ4n) is 14.7. The van der Waals surface area contributed by atoms with Gasteiger partial charge < -0.3 is 79.5 Å². The van der Waals surface area contributed by atoms with Crippen molar-refractivity contribution in [2.45, 2.75) is 205 Å². The number of allylic oxidation sites excluding steroid dienone is 2. The van der Waals surface area contributed by atoms with Crippen molar-refractivity contribution < 1.29 is 89.1 Å². The Morgan fingerprint density at radius 2 is 1.37 bits per heavy atom. The van der Waals surface area contributed by atoms with E-state index in [9.17, 15) is 60.7 Å². The average molecular weight is 927 g/mol. The van der Waals surface area contributed by atoms with Gasteiger partial charge in [0.15, 0.2) is 18.7 Å². The molecule has 0 bridgehead atoms. The quantitative estimate of drug-likeness (QED) is 0.0918. The molecule has 0 spiro atoms. The molecule has 0 aromatic heterocycles. The van der Waals surface area contributed by atoms with Crippen molar-refractivity contribution >= 4 is 11.9 Å². The fraction of sp³-hybridized carbons (Fsp3) is 0.915. The van der Waals surface area contributed by atoms with Crippen LogP contribution < -0.4 is 0 Å². The summed E-state index contributed by atoms with van der Waals surface area (Å²) < 4.78 is 34.9. The van der Waals surface area contributed by atoms with Gasteiger partial charge in [-0.05, 0) is 109 Å². The molecule has 8 rings (SSSR count). The molecule has 0 aromatic carbocycles. The number of carbonyl (C=O) groups excluding carboxylic acids is 1. The van der Waals surface area contributed by atoms with Gasteiger partial charge in [-0.1, -0.05) is 60.1 Å². The summed E-state index contributed by atoms with van der Waals surface area (Å²) in [5, 5.41) is 105. The number of fused-ring (bicyclic) bond motifs is 7. The summed E-state index contributed by atoms with van der Waals surface area (Å²) in [5.41, 5.74) is -0.801. The van der Waals surface area contributed by atoms with Gasteiger partial charge in [-0.15, -0.1) is 0 Å². The summed E-state index contributed by atoms with van der Waals surface area (Å²) in [6.45, 7) is 14.9. The molecule has 7 fully saturated rings. The highest BCUT2D eigenvalue weighted by molar-refractivity contribution is 5.79. The second-order valence-electron chi connectivity index (χ2n) is 23.1. The summed E-state index contributed by atoms with van der Waals surface area (Å²) in [4.78, 5) is 27.2. The van der Waals surface area contributed by atoms with E-state index in [4.69, 9.17) is 28.4 Å². The number of esters is 1. The highest BCUT2D eigenvalue weighted by atomic mass is 16.7. The van der Waals surface area contributed by atoms with Crippen molar-refractivity contribution in [3.8, 4) is 0 Å². The molecule has 3 saturated heterocycles. The minimum atomic E-state index is -1.84. The van der Waals surface area contributed by atoms with Crippen LogP contribution in [-0.4, -0.2) is 168 Å². The van der Waals surface area contributed by atoms with Crippen LogP contribution in [0.4, 0.5) is 0 Å². The largest absolute Gasteiger partial charge is 0.479 e. The van der Waals surface area contributed by atoms with Crippen molar-refractivity contribution in [3.05, 3.63) is 11.6 Å². The molecule has 5 aliphatic carbocycles. The standard InChI is InChI=1S/C47H74O18/c1-42(2)14-16-47(41(59)65-39-33(55)30(52)29(51)24(19-48)61-39)17-15-45(6)21(22(47)18-42)8-9-26-44(5)12-11-27(43(3,4)25(44)10-13-46(26,45)7)62-40-34(56)31(53)35(36(64-40)37(57)58)63-38-32(54)28(50)23(49)20-60-38/h8,22-36,38-40,48-56H,9-20H2,1-7H3,(H,57,58)/t22-,23-,24+,25+,26+,27+,28-,29+,30-,31+,32+,33+,34+,35-,36-,38-,39-,40+,44-,45+,46+,47-/m0/s1. The van der Waals surface area contributed by atoms with E-state index >= 15 is 0 Å². The normalized spacial score (nSPS) is 52.7. The molecule has 3 heterocycles. The van der Waals surface area contributed by atoms with E-state index in [-0.39, 0.29) is 39.4 Å². The van der Waals surface area contributed by atoms with Crippen molar-refractivity contribution in [2.24, 2.45) is 50.2 Å². The molecule has 4 saturated carbocycles. The molecule has 0 radical (unpaired) electrons. The molecule has 8 aliphatic rings. The van der Waals surface area contributed by atoms with Crippen LogP contribution in [0, 0.1) is 50.2 Å². The molecule has 18 heteroatoms. The van der Waals surface area contributed by atoms with E-state index in [2.05, 4.69) is 54.5 Å². The van der Waals surface area contributed by atoms with E-state index < -0.39 is 128 Å². The van der Waals surface area contributed by atoms with Gasteiger partial charge in [-0.2, -0.15) is 0 Å². The Morgan fingerprint density at radius 3 is 2.05 bits per heavy atom. The van der Waals surface area contributed by atoms with Crippen LogP contribution in [0.15, 0.2) is 11.6 Å². The number of aliphatic carboxylic acids is 1. The Labute approximate surface area is 380 Å². The van der Waals surface area contributed by atoms with Crippen LogP contribution in [0.25, 0.3) is 0 Å². The molecule has 0 aromatic rings. The van der Waals surface area contributed by atoms with Gasteiger partial charge in [-0.25, -0.2) is 4.79 Å². The smallest absolute Gasteiger partial charge is 0.335 e.